The van der Waals surface area contributed by atoms with Crippen LogP contribution in [0.4, 0.5) is 0 Å². The molecule has 1 rings (SSSR count). The Balaban J connectivity index is 2.61. The molecule has 2 nitrogen and oxygen atoms in total. The highest BCUT2D eigenvalue weighted by molar-refractivity contribution is 9.10. The summed E-state index contributed by atoms with van der Waals surface area (Å²) >= 11 is 3.52. The summed E-state index contributed by atoms with van der Waals surface area (Å²) < 4.78 is 6.26. The first-order valence-corrected chi connectivity index (χ1v) is 6.75. The SMILES string of the molecule is CNCC(C)(C)CCc1ccc(OC)c(Br)c1. The number of benzene rings is 1. The van der Waals surface area contributed by atoms with Crippen LogP contribution in [0.25, 0.3) is 0 Å². The van der Waals surface area contributed by atoms with Crippen LogP contribution in [-0.4, -0.2) is 20.7 Å². The first-order chi connectivity index (χ1) is 7.98. The Bertz CT molecular complexity index is 363. The molecule has 0 spiro atoms. The molecule has 0 radical (unpaired) electrons. The molecule has 0 aliphatic carbocycles. The Morgan fingerprint density at radius 3 is 2.59 bits per heavy atom. The molecule has 0 amide bonds. The lowest BCUT2D eigenvalue weighted by Gasteiger charge is -2.24. The lowest BCUT2D eigenvalue weighted by Crippen LogP contribution is -2.27. The van der Waals surface area contributed by atoms with Crippen molar-refractivity contribution in [1.82, 2.24) is 5.32 Å². The van der Waals surface area contributed by atoms with Crippen LogP contribution >= 0.6 is 15.9 Å². The monoisotopic (exact) mass is 299 g/mol. The van der Waals surface area contributed by atoms with Crippen molar-refractivity contribution in [2.45, 2.75) is 26.7 Å². The number of halogens is 1. The molecule has 3 heteroatoms. The zero-order chi connectivity index (χ0) is 12.9. The summed E-state index contributed by atoms with van der Waals surface area (Å²) in [5.41, 5.74) is 1.68. The second-order valence-corrected chi connectivity index (χ2v) is 6.02. The van der Waals surface area contributed by atoms with E-state index in [4.69, 9.17) is 4.74 Å². The number of methoxy groups -OCH3 is 1. The molecule has 0 aromatic heterocycles. The highest BCUT2D eigenvalue weighted by Gasteiger charge is 2.16. The molecule has 0 saturated carbocycles. The van der Waals surface area contributed by atoms with E-state index in [1.165, 1.54) is 12.0 Å². The molecule has 17 heavy (non-hydrogen) atoms. The standard InChI is InChI=1S/C14H22BrNO/c1-14(2,10-16-3)8-7-11-5-6-13(17-4)12(15)9-11/h5-6,9,16H,7-8,10H2,1-4H3. The predicted molar refractivity (Wildman–Crippen MR) is 76.7 cm³/mol. The van der Waals surface area contributed by atoms with Crippen molar-refractivity contribution >= 4 is 15.9 Å². The smallest absolute Gasteiger partial charge is 0.133 e. The third-order valence-electron chi connectivity index (χ3n) is 2.96. The maximum Gasteiger partial charge on any atom is 0.133 e. The van der Waals surface area contributed by atoms with E-state index in [1.54, 1.807) is 7.11 Å². The lowest BCUT2D eigenvalue weighted by molar-refractivity contribution is 0.324. The highest BCUT2D eigenvalue weighted by Crippen LogP contribution is 2.28. The zero-order valence-electron chi connectivity index (χ0n) is 11.1. The maximum atomic E-state index is 5.23. The van der Waals surface area contributed by atoms with Crippen molar-refractivity contribution in [3.05, 3.63) is 28.2 Å². The third-order valence-corrected chi connectivity index (χ3v) is 3.58. The predicted octanol–water partition coefficient (Wildman–Crippen LogP) is 3.64. The summed E-state index contributed by atoms with van der Waals surface area (Å²) in [5.74, 6) is 0.892. The maximum absolute atomic E-state index is 5.23. The van der Waals surface area contributed by atoms with Gasteiger partial charge in [0.2, 0.25) is 0 Å². The second kappa shape index (κ2) is 6.41. The van der Waals surface area contributed by atoms with Crippen LogP contribution in [0.3, 0.4) is 0 Å². The van der Waals surface area contributed by atoms with Crippen molar-refractivity contribution in [2.24, 2.45) is 5.41 Å². The van der Waals surface area contributed by atoms with Crippen LogP contribution in [0.2, 0.25) is 0 Å². The molecule has 0 aliphatic heterocycles. The first kappa shape index (κ1) is 14.5. The molecule has 0 fully saturated rings. The minimum Gasteiger partial charge on any atom is -0.496 e. The minimum absolute atomic E-state index is 0.334. The van der Waals surface area contributed by atoms with Crippen LogP contribution < -0.4 is 10.1 Å². The van der Waals surface area contributed by atoms with Gasteiger partial charge in [0, 0.05) is 0 Å². The summed E-state index contributed by atoms with van der Waals surface area (Å²) in [6.45, 7) is 5.63. The fourth-order valence-electron chi connectivity index (χ4n) is 1.92. The lowest BCUT2D eigenvalue weighted by atomic mass is 9.86. The normalized spacial score (nSPS) is 11.6. The first-order valence-electron chi connectivity index (χ1n) is 5.95. The Kier molecular flexibility index (Phi) is 5.47. The molecule has 0 unspecified atom stereocenters. The van der Waals surface area contributed by atoms with E-state index in [-0.39, 0.29) is 0 Å². The number of hydrogen-bond donors (Lipinski definition) is 1. The largest absolute Gasteiger partial charge is 0.496 e. The number of aryl methyl sites for hydroxylation is 1. The molecule has 0 aliphatic rings. The fraction of sp³-hybridized carbons (Fsp3) is 0.571. The Hall–Kier alpha value is -0.540. The minimum atomic E-state index is 0.334. The van der Waals surface area contributed by atoms with Crippen molar-refractivity contribution in [3.8, 4) is 5.75 Å². The molecule has 0 atom stereocenters. The van der Waals surface area contributed by atoms with Gasteiger partial charge in [-0.05, 0) is 65.5 Å². The van der Waals surface area contributed by atoms with E-state index in [0.717, 1.165) is 23.2 Å². The van der Waals surface area contributed by atoms with Gasteiger partial charge in [0.15, 0.2) is 0 Å². The topological polar surface area (TPSA) is 21.3 Å². The van der Waals surface area contributed by atoms with Gasteiger partial charge in [-0.1, -0.05) is 19.9 Å². The van der Waals surface area contributed by atoms with Gasteiger partial charge in [0.05, 0.1) is 11.6 Å². The summed E-state index contributed by atoms with van der Waals surface area (Å²) in [5, 5.41) is 3.24. The summed E-state index contributed by atoms with van der Waals surface area (Å²) in [6, 6.07) is 6.30. The number of nitrogens with one attached hydrogen (secondary N) is 1. The molecule has 0 saturated heterocycles. The highest BCUT2D eigenvalue weighted by atomic mass is 79.9. The molecule has 0 bridgehead atoms. The van der Waals surface area contributed by atoms with Crippen molar-refractivity contribution in [1.29, 1.82) is 0 Å². The van der Waals surface area contributed by atoms with Gasteiger partial charge in [0.25, 0.3) is 0 Å². The molecular formula is C14H22BrNO. The molecule has 1 N–H and O–H groups in total. The molecule has 0 heterocycles. The van der Waals surface area contributed by atoms with Crippen LogP contribution in [0, 0.1) is 5.41 Å². The number of ether oxygens (including phenoxy) is 1. The van der Waals surface area contributed by atoms with Crippen molar-refractivity contribution < 1.29 is 4.74 Å². The van der Waals surface area contributed by atoms with E-state index < -0.39 is 0 Å². The van der Waals surface area contributed by atoms with Gasteiger partial charge in [-0.25, -0.2) is 0 Å². The molecule has 1 aromatic rings. The van der Waals surface area contributed by atoms with E-state index in [2.05, 4.69) is 47.2 Å². The molecule has 1 aromatic carbocycles. The van der Waals surface area contributed by atoms with Gasteiger partial charge in [-0.2, -0.15) is 0 Å². The molecule has 96 valence electrons. The van der Waals surface area contributed by atoms with Crippen LogP contribution in [-0.2, 0) is 6.42 Å². The van der Waals surface area contributed by atoms with E-state index in [9.17, 15) is 0 Å². The summed E-state index contributed by atoms with van der Waals surface area (Å²) in [6.07, 6.45) is 2.27. The van der Waals surface area contributed by atoms with Crippen molar-refractivity contribution in [2.75, 3.05) is 20.7 Å². The van der Waals surface area contributed by atoms with Crippen LogP contribution in [0.5, 0.6) is 5.75 Å². The van der Waals surface area contributed by atoms with Gasteiger partial charge in [0.1, 0.15) is 5.75 Å². The van der Waals surface area contributed by atoms with Gasteiger partial charge in [-0.15, -0.1) is 0 Å². The second-order valence-electron chi connectivity index (χ2n) is 5.16. The number of hydrogen-bond acceptors (Lipinski definition) is 2. The fourth-order valence-corrected chi connectivity index (χ4v) is 2.50. The van der Waals surface area contributed by atoms with Crippen molar-refractivity contribution in [3.63, 3.8) is 0 Å². The van der Waals surface area contributed by atoms with Crippen LogP contribution in [0.1, 0.15) is 25.8 Å². The van der Waals surface area contributed by atoms with E-state index in [0.29, 0.717) is 5.41 Å². The van der Waals surface area contributed by atoms with E-state index >= 15 is 0 Å². The average molecular weight is 300 g/mol. The number of rotatable bonds is 6. The Labute approximate surface area is 113 Å². The zero-order valence-corrected chi connectivity index (χ0v) is 12.7. The third kappa shape index (κ3) is 4.68. The van der Waals surface area contributed by atoms with E-state index in [1.807, 2.05) is 13.1 Å². The molecular weight excluding hydrogens is 278 g/mol. The Morgan fingerprint density at radius 2 is 2.06 bits per heavy atom. The quantitative estimate of drug-likeness (QED) is 0.866. The summed E-state index contributed by atoms with van der Waals surface area (Å²) in [7, 11) is 3.70. The van der Waals surface area contributed by atoms with Crippen LogP contribution in [0.15, 0.2) is 22.7 Å². The van der Waals surface area contributed by atoms with Gasteiger partial charge in [-0.3, -0.25) is 0 Å². The Morgan fingerprint density at radius 1 is 1.35 bits per heavy atom. The summed E-state index contributed by atoms with van der Waals surface area (Å²) in [4.78, 5) is 0. The van der Waals surface area contributed by atoms with Gasteiger partial charge < -0.3 is 10.1 Å². The van der Waals surface area contributed by atoms with Gasteiger partial charge >= 0.3 is 0 Å². The average Bonchev–Trinajstić information content (AvgIpc) is 2.27.